The number of ether oxygens (including phenoxy) is 3. The number of nitrogens with one attached hydrogen (secondary N) is 1. The first-order valence-corrected chi connectivity index (χ1v) is 8.38. The molecule has 1 amide bonds. The first-order valence-electron chi connectivity index (χ1n) is 8.38. The van der Waals surface area contributed by atoms with Crippen molar-refractivity contribution in [2.24, 2.45) is 0 Å². The van der Waals surface area contributed by atoms with Gasteiger partial charge in [0, 0.05) is 5.69 Å². The van der Waals surface area contributed by atoms with E-state index in [1.807, 2.05) is 13.0 Å². The second-order valence-corrected chi connectivity index (χ2v) is 5.50. The number of amides is 1. The van der Waals surface area contributed by atoms with E-state index in [9.17, 15) is 9.59 Å². The Hall–Kier alpha value is -3.53. The number of hydrogen-bond donors (Lipinski definition) is 1. The zero-order chi connectivity index (χ0) is 19.6. The Morgan fingerprint density at radius 3 is 2.19 bits per heavy atom. The molecular weight excluding hydrogens is 348 g/mol. The highest BCUT2D eigenvalue weighted by Crippen LogP contribution is 2.17. The number of nitriles is 1. The monoisotopic (exact) mass is 368 g/mol. The molecule has 140 valence electrons. The third-order valence-electron chi connectivity index (χ3n) is 3.45. The van der Waals surface area contributed by atoms with E-state index in [1.54, 1.807) is 48.5 Å². The fourth-order valence-electron chi connectivity index (χ4n) is 2.10. The Bertz CT molecular complexity index is 810. The van der Waals surface area contributed by atoms with Crippen LogP contribution in [0.2, 0.25) is 0 Å². The number of esters is 1. The van der Waals surface area contributed by atoms with E-state index in [4.69, 9.17) is 19.5 Å². The van der Waals surface area contributed by atoms with E-state index in [-0.39, 0.29) is 6.61 Å². The Balaban J connectivity index is 1.78. The summed E-state index contributed by atoms with van der Waals surface area (Å²) in [5, 5.41) is 11.4. The van der Waals surface area contributed by atoms with Crippen LogP contribution >= 0.6 is 0 Å². The van der Waals surface area contributed by atoms with Crippen molar-refractivity contribution in [1.29, 1.82) is 5.26 Å². The van der Waals surface area contributed by atoms with E-state index in [0.717, 1.165) is 0 Å². The zero-order valence-corrected chi connectivity index (χ0v) is 15.1. The zero-order valence-electron chi connectivity index (χ0n) is 15.1. The summed E-state index contributed by atoms with van der Waals surface area (Å²) < 4.78 is 15.7. The number of nitrogens with zero attached hydrogens (tertiary/aromatic N) is 1. The van der Waals surface area contributed by atoms with Gasteiger partial charge >= 0.3 is 5.97 Å². The van der Waals surface area contributed by atoms with Crippen LogP contribution in [0.25, 0.3) is 0 Å². The van der Waals surface area contributed by atoms with Crippen molar-refractivity contribution in [3.05, 3.63) is 54.1 Å². The Morgan fingerprint density at radius 1 is 1.04 bits per heavy atom. The van der Waals surface area contributed by atoms with Gasteiger partial charge in [0.15, 0.2) is 12.7 Å². The molecule has 0 aliphatic carbocycles. The van der Waals surface area contributed by atoms with Gasteiger partial charge in [-0.05, 0) is 62.4 Å². The average Bonchev–Trinajstić information content (AvgIpc) is 2.68. The highest BCUT2D eigenvalue weighted by molar-refractivity contribution is 5.95. The number of anilines is 1. The Morgan fingerprint density at radius 2 is 1.63 bits per heavy atom. The lowest BCUT2D eigenvalue weighted by Gasteiger charge is -2.14. The molecule has 2 rings (SSSR count). The molecule has 1 atom stereocenters. The summed E-state index contributed by atoms with van der Waals surface area (Å²) in [7, 11) is 0. The molecule has 7 heteroatoms. The van der Waals surface area contributed by atoms with Gasteiger partial charge in [-0.3, -0.25) is 4.79 Å². The van der Waals surface area contributed by atoms with Crippen molar-refractivity contribution in [2.45, 2.75) is 20.0 Å². The quantitative estimate of drug-likeness (QED) is 0.720. The molecule has 2 aromatic rings. The van der Waals surface area contributed by atoms with Crippen LogP contribution < -0.4 is 14.8 Å². The van der Waals surface area contributed by atoms with Gasteiger partial charge in [0.2, 0.25) is 0 Å². The number of hydrogen-bond acceptors (Lipinski definition) is 6. The molecule has 0 fully saturated rings. The molecule has 27 heavy (non-hydrogen) atoms. The molecule has 0 radical (unpaired) electrons. The van der Waals surface area contributed by atoms with E-state index in [1.165, 1.54) is 6.92 Å². The molecule has 7 nitrogen and oxygen atoms in total. The van der Waals surface area contributed by atoms with Crippen molar-refractivity contribution in [2.75, 3.05) is 18.5 Å². The van der Waals surface area contributed by atoms with Crippen LogP contribution in [0.3, 0.4) is 0 Å². The number of rotatable bonds is 8. The minimum absolute atomic E-state index is 0.317. The van der Waals surface area contributed by atoms with Crippen LogP contribution in [-0.2, 0) is 14.3 Å². The van der Waals surface area contributed by atoms with Crippen molar-refractivity contribution in [3.8, 4) is 17.6 Å². The summed E-state index contributed by atoms with van der Waals surface area (Å²) in [5.41, 5.74) is 0.992. The van der Waals surface area contributed by atoms with Crippen LogP contribution in [0.4, 0.5) is 5.69 Å². The number of carbonyl (C=O) groups excluding carboxylic acids is 2. The van der Waals surface area contributed by atoms with Gasteiger partial charge in [-0.2, -0.15) is 5.26 Å². The van der Waals surface area contributed by atoms with Gasteiger partial charge in [-0.15, -0.1) is 0 Å². The summed E-state index contributed by atoms with van der Waals surface area (Å²) in [4.78, 5) is 23.9. The standard InChI is InChI=1S/C20H20N2O5/c1-3-25-17-8-10-18(11-9-17)26-13-19(23)27-14(2)20(24)22-16-6-4-15(12-21)5-7-16/h4-11,14H,3,13H2,1-2H3,(H,22,24)/t14-/m1/s1. The van der Waals surface area contributed by atoms with Gasteiger partial charge in [0.1, 0.15) is 11.5 Å². The van der Waals surface area contributed by atoms with Crippen molar-refractivity contribution in [3.63, 3.8) is 0 Å². The maximum atomic E-state index is 12.1. The van der Waals surface area contributed by atoms with E-state index in [0.29, 0.717) is 29.4 Å². The summed E-state index contributed by atoms with van der Waals surface area (Å²) in [6, 6.07) is 15.2. The minimum Gasteiger partial charge on any atom is -0.494 e. The summed E-state index contributed by atoms with van der Waals surface area (Å²) >= 11 is 0. The molecule has 0 saturated heterocycles. The van der Waals surface area contributed by atoms with Crippen molar-refractivity contribution in [1.82, 2.24) is 0 Å². The Labute approximate surface area is 157 Å². The molecule has 0 bridgehead atoms. The lowest BCUT2D eigenvalue weighted by Crippen LogP contribution is -2.31. The second kappa shape index (κ2) is 9.82. The van der Waals surface area contributed by atoms with Crippen LogP contribution in [0.15, 0.2) is 48.5 Å². The molecular formula is C20H20N2O5. The lowest BCUT2D eigenvalue weighted by atomic mass is 10.2. The third kappa shape index (κ3) is 6.36. The molecule has 0 aliphatic rings. The van der Waals surface area contributed by atoms with Crippen LogP contribution in [0.1, 0.15) is 19.4 Å². The third-order valence-corrected chi connectivity index (χ3v) is 3.45. The van der Waals surface area contributed by atoms with Gasteiger partial charge < -0.3 is 19.5 Å². The maximum absolute atomic E-state index is 12.1. The first kappa shape index (κ1) is 19.8. The smallest absolute Gasteiger partial charge is 0.344 e. The second-order valence-electron chi connectivity index (χ2n) is 5.50. The predicted molar refractivity (Wildman–Crippen MR) is 98.4 cm³/mol. The summed E-state index contributed by atoms with van der Waals surface area (Å²) in [5.74, 6) is 0.0612. The van der Waals surface area contributed by atoms with E-state index >= 15 is 0 Å². The van der Waals surface area contributed by atoms with E-state index < -0.39 is 18.0 Å². The number of carbonyl (C=O) groups is 2. The van der Waals surface area contributed by atoms with Crippen molar-refractivity contribution >= 4 is 17.6 Å². The largest absolute Gasteiger partial charge is 0.494 e. The maximum Gasteiger partial charge on any atom is 0.344 e. The molecule has 0 aromatic heterocycles. The Kier molecular flexibility index (Phi) is 7.20. The van der Waals surface area contributed by atoms with Gasteiger partial charge in [-0.25, -0.2) is 4.79 Å². The van der Waals surface area contributed by atoms with Crippen LogP contribution in [0, 0.1) is 11.3 Å². The van der Waals surface area contributed by atoms with Gasteiger partial charge in [0.25, 0.3) is 5.91 Å². The molecule has 2 aromatic carbocycles. The first-order chi connectivity index (χ1) is 13.0. The fraction of sp³-hybridized carbons (Fsp3) is 0.250. The molecule has 0 saturated carbocycles. The fourth-order valence-corrected chi connectivity index (χ4v) is 2.10. The summed E-state index contributed by atoms with van der Waals surface area (Å²) in [6.45, 7) is 3.60. The van der Waals surface area contributed by atoms with Crippen LogP contribution in [0.5, 0.6) is 11.5 Å². The number of benzene rings is 2. The average molecular weight is 368 g/mol. The summed E-state index contributed by atoms with van der Waals surface area (Å²) in [6.07, 6.45) is -0.989. The predicted octanol–water partition coefficient (Wildman–Crippen LogP) is 2.91. The molecule has 0 heterocycles. The molecule has 0 aliphatic heterocycles. The topological polar surface area (TPSA) is 97.7 Å². The van der Waals surface area contributed by atoms with Gasteiger partial charge in [0.05, 0.1) is 18.2 Å². The normalized spacial score (nSPS) is 11.0. The van der Waals surface area contributed by atoms with Gasteiger partial charge in [-0.1, -0.05) is 0 Å². The lowest BCUT2D eigenvalue weighted by molar-refractivity contribution is -0.155. The minimum atomic E-state index is -0.989. The molecule has 0 unspecified atom stereocenters. The highest BCUT2D eigenvalue weighted by Gasteiger charge is 2.18. The van der Waals surface area contributed by atoms with E-state index in [2.05, 4.69) is 5.32 Å². The molecule has 1 N–H and O–H groups in total. The molecule has 0 spiro atoms. The van der Waals surface area contributed by atoms with Crippen LogP contribution in [-0.4, -0.2) is 31.2 Å². The van der Waals surface area contributed by atoms with Crippen molar-refractivity contribution < 1.29 is 23.8 Å². The SMILES string of the molecule is CCOc1ccc(OCC(=O)O[C@H](C)C(=O)Nc2ccc(C#N)cc2)cc1. The highest BCUT2D eigenvalue weighted by atomic mass is 16.6.